The van der Waals surface area contributed by atoms with Crippen LogP contribution in [0.4, 0.5) is 5.69 Å². The van der Waals surface area contributed by atoms with Gasteiger partial charge in [-0.05, 0) is 35.7 Å². The summed E-state index contributed by atoms with van der Waals surface area (Å²) in [4.78, 5) is 8.84. The van der Waals surface area contributed by atoms with E-state index in [9.17, 15) is 0 Å². The summed E-state index contributed by atoms with van der Waals surface area (Å²) >= 11 is 1.61. The summed E-state index contributed by atoms with van der Waals surface area (Å²) in [6.45, 7) is 8.73. The Labute approximate surface area is 264 Å². The number of benzene rings is 4. The van der Waals surface area contributed by atoms with Crippen LogP contribution >= 0.6 is 11.3 Å². The molecule has 214 valence electrons. The van der Waals surface area contributed by atoms with Gasteiger partial charge in [-0.25, -0.2) is 4.98 Å². The fourth-order valence-corrected chi connectivity index (χ4v) is 5.93. The van der Waals surface area contributed by atoms with Crippen LogP contribution in [0.5, 0.6) is 11.5 Å². The first-order valence-corrected chi connectivity index (χ1v) is 14.5. The van der Waals surface area contributed by atoms with E-state index in [4.69, 9.17) is 4.74 Å². The molecule has 0 fully saturated rings. The van der Waals surface area contributed by atoms with Gasteiger partial charge >= 0.3 is 0 Å². The van der Waals surface area contributed by atoms with Crippen LogP contribution in [-0.2, 0) is 26.5 Å². The molecular formula is C35H29N4OPtS-3. The Morgan fingerprint density at radius 3 is 2.43 bits per heavy atom. The van der Waals surface area contributed by atoms with Crippen molar-refractivity contribution in [3.8, 4) is 16.6 Å². The van der Waals surface area contributed by atoms with Gasteiger partial charge < -0.3 is 19.1 Å². The summed E-state index contributed by atoms with van der Waals surface area (Å²) < 4.78 is 8.71. The van der Waals surface area contributed by atoms with Crippen molar-refractivity contribution in [2.75, 3.05) is 11.9 Å². The van der Waals surface area contributed by atoms with Crippen molar-refractivity contribution in [3.63, 3.8) is 0 Å². The summed E-state index contributed by atoms with van der Waals surface area (Å²) in [5, 5.41) is 5.18. The van der Waals surface area contributed by atoms with Crippen LogP contribution in [0.2, 0.25) is 0 Å². The minimum Gasteiger partial charge on any atom is -0.510 e. The van der Waals surface area contributed by atoms with Crippen LogP contribution in [0.15, 0.2) is 96.6 Å². The molecule has 42 heavy (non-hydrogen) atoms. The molecule has 0 saturated carbocycles. The number of ether oxygens (including phenoxy) is 1. The zero-order valence-electron chi connectivity index (χ0n) is 23.7. The number of fused-ring (bicyclic) bond motifs is 3. The van der Waals surface area contributed by atoms with Crippen LogP contribution in [0.25, 0.3) is 32.6 Å². The van der Waals surface area contributed by atoms with Gasteiger partial charge in [-0.1, -0.05) is 74.8 Å². The van der Waals surface area contributed by atoms with Crippen LogP contribution in [0.3, 0.4) is 0 Å². The molecule has 0 saturated heterocycles. The number of hydrogen-bond donors (Lipinski definition) is 0. The molecule has 1 aliphatic rings. The number of anilines is 1. The molecular weight excluding hydrogens is 720 g/mol. The van der Waals surface area contributed by atoms with Crippen LogP contribution in [0.1, 0.15) is 31.9 Å². The molecule has 0 bridgehead atoms. The van der Waals surface area contributed by atoms with Crippen LogP contribution < -0.4 is 9.64 Å². The smallest absolute Gasteiger partial charge is 0.192 e. The van der Waals surface area contributed by atoms with Crippen molar-refractivity contribution >= 4 is 44.5 Å². The van der Waals surface area contributed by atoms with Gasteiger partial charge in [0.05, 0.1) is 0 Å². The zero-order chi connectivity index (χ0) is 28.1. The molecule has 0 radical (unpaired) electrons. The molecule has 0 atom stereocenters. The van der Waals surface area contributed by atoms with E-state index in [0.29, 0.717) is 11.5 Å². The third-order valence-corrected chi connectivity index (χ3v) is 8.05. The second-order valence-electron chi connectivity index (χ2n) is 11.3. The fourth-order valence-electron chi connectivity index (χ4n) is 5.27. The molecule has 3 heterocycles. The summed E-state index contributed by atoms with van der Waals surface area (Å²) in [6, 6.07) is 34.3. The number of nitrogens with zero attached hydrogens (tertiary/aromatic N) is 4. The largest absolute Gasteiger partial charge is 0.510 e. The second-order valence-corrected chi connectivity index (χ2v) is 12.1. The van der Waals surface area contributed by atoms with E-state index in [0.717, 1.165) is 49.4 Å². The van der Waals surface area contributed by atoms with E-state index in [1.807, 2.05) is 30.8 Å². The molecule has 0 spiro atoms. The number of rotatable bonds is 5. The van der Waals surface area contributed by atoms with Gasteiger partial charge in [0.25, 0.3) is 0 Å². The quantitative estimate of drug-likeness (QED) is 0.165. The first-order chi connectivity index (χ1) is 19.8. The number of para-hydroxylation sites is 1. The monoisotopic (exact) mass is 748 g/mol. The average molecular weight is 749 g/mol. The standard InChI is InChI=1S/C35H29N4OS.Pt/c1-35(2,3)25-18-26(38-23-37(4)22-33(38)24-10-6-5-7-11-24)20-28(19-25)40-27-14-15-30-29-12-8-9-13-31(29)39(32(30)21-27)34-36-16-17-41-34;/h5-19,22-23H,1-4H3;/q-3;. The zero-order valence-corrected chi connectivity index (χ0v) is 26.8. The first kappa shape index (κ1) is 28.3. The molecule has 1 aliphatic heterocycles. The number of hydrogen-bond acceptors (Lipinski definition) is 5. The van der Waals surface area contributed by atoms with Crippen LogP contribution in [0, 0.1) is 18.8 Å². The number of aromatic nitrogens is 2. The Bertz CT molecular complexity index is 1910. The van der Waals surface area contributed by atoms with E-state index >= 15 is 0 Å². The minimum absolute atomic E-state index is 0. The normalized spacial score (nSPS) is 13.5. The molecule has 0 N–H and O–H groups in total. The number of thiazole rings is 1. The molecule has 0 amide bonds. The van der Waals surface area contributed by atoms with Crippen molar-refractivity contribution in [2.45, 2.75) is 26.2 Å². The van der Waals surface area contributed by atoms with Gasteiger partial charge in [0.15, 0.2) is 5.13 Å². The summed E-state index contributed by atoms with van der Waals surface area (Å²) in [5.74, 6) is 1.28. The minimum atomic E-state index is -0.0882. The van der Waals surface area contributed by atoms with Gasteiger partial charge in [-0.15, -0.1) is 58.3 Å². The van der Waals surface area contributed by atoms with Gasteiger partial charge in [0.1, 0.15) is 0 Å². The molecule has 0 unspecified atom stereocenters. The summed E-state index contributed by atoms with van der Waals surface area (Å²) in [7, 11) is 2.04. The van der Waals surface area contributed by atoms with Crippen molar-refractivity contribution in [1.82, 2.24) is 14.5 Å². The maximum atomic E-state index is 6.54. The van der Waals surface area contributed by atoms with Crippen molar-refractivity contribution < 1.29 is 25.8 Å². The van der Waals surface area contributed by atoms with Crippen molar-refractivity contribution in [3.05, 3.63) is 127 Å². The van der Waals surface area contributed by atoms with E-state index in [1.165, 1.54) is 0 Å². The van der Waals surface area contributed by atoms with Gasteiger partial charge in [0, 0.05) is 55.4 Å². The van der Waals surface area contributed by atoms with Crippen molar-refractivity contribution in [1.29, 1.82) is 0 Å². The molecule has 4 aromatic carbocycles. The maximum Gasteiger partial charge on any atom is 0.192 e. The third kappa shape index (κ3) is 5.14. The Morgan fingerprint density at radius 1 is 0.881 bits per heavy atom. The Hall–Kier alpha value is -3.86. The van der Waals surface area contributed by atoms with E-state index < -0.39 is 0 Å². The Morgan fingerprint density at radius 2 is 1.67 bits per heavy atom. The summed E-state index contributed by atoms with van der Waals surface area (Å²) in [5.41, 5.74) is 6.26. The second kappa shape index (κ2) is 11.1. The molecule has 7 heteroatoms. The molecule has 5 nitrogen and oxygen atoms in total. The van der Waals surface area contributed by atoms with E-state index in [1.54, 1.807) is 11.3 Å². The molecule has 0 aliphatic carbocycles. The summed E-state index contributed by atoms with van der Waals surface area (Å²) in [6.07, 6.45) is 3.97. The molecule has 6 aromatic rings. The van der Waals surface area contributed by atoms with Gasteiger partial charge in [0.2, 0.25) is 0 Å². The average Bonchev–Trinajstić information content (AvgIpc) is 3.70. The molecule has 2 aromatic heterocycles. The van der Waals surface area contributed by atoms with Crippen molar-refractivity contribution in [2.24, 2.45) is 0 Å². The maximum absolute atomic E-state index is 6.54. The van der Waals surface area contributed by atoms with Crippen LogP contribution in [-0.4, -0.2) is 21.5 Å². The Kier molecular flexibility index (Phi) is 7.46. The van der Waals surface area contributed by atoms with Gasteiger partial charge in [-0.3, -0.25) is 0 Å². The third-order valence-electron chi connectivity index (χ3n) is 7.30. The Balaban J connectivity index is 0.00000316. The topological polar surface area (TPSA) is 33.5 Å². The van der Waals surface area contributed by atoms with E-state index in [-0.39, 0.29) is 26.5 Å². The predicted octanol–water partition coefficient (Wildman–Crippen LogP) is 8.80. The molecule has 7 rings (SSSR count). The van der Waals surface area contributed by atoms with Gasteiger partial charge in [-0.2, -0.15) is 12.7 Å². The first-order valence-electron chi connectivity index (χ1n) is 13.6. The van der Waals surface area contributed by atoms with E-state index in [2.05, 4.69) is 132 Å². The predicted molar refractivity (Wildman–Crippen MR) is 168 cm³/mol. The fraction of sp³-hybridized carbons (Fsp3) is 0.143. The SMILES string of the molecule is CN1C=C(c2ccccc2)N(c2[c-]c(Oc3[c-]c4c(cc3)c3ccccc3n4-c3nccs3)cc(C(C)(C)C)c2)[CH-]1.[Pt].